The monoisotopic (exact) mass is 232 g/mol. The number of hydrogen-bond acceptors (Lipinski definition) is 2. The number of benzene rings is 1. The predicted octanol–water partition coefficient (Wildman–Crippen LogP) is 2.31. The van der Waals surface area contributed by atoms with Crippen molar-refractivity contribution in [1.29, 1.82) is 0 Å². The summed E-state index contributed by atoms with van der Waals surface area (Å²) in [6.45, 7) is 9.02. The minimum Gasteiger partial charge on any atom is -0.316 e. The van der Waals surface area contributed by atoms with Gasteiger partial charge in [-0.15, -0.1) is 0 Å². The van der Waals surface area contributed by atoms with Gasteiger partial charge in [-0.05, 0) is 30.9 Å². The summed E-state index contributed by atoms with van der Waals surface area (Å²) in [5, 5.41) is 0. The number of carbonyl (C=O) groups is 1. The van der Waals surface area contributed by atoms with Crippen molar-refractivity contribution in [1.82, 2.24) is 0 Å². The van der Waals surface area contributed by atoms with Crippen LogP contribution < -0.4 is 10.6 Å². The van der Waals surface area contributed by atoms with Crippen LogP contribution in [-0.4, -0.2) is 12.5 Å². The SMILES string of the molecule is Cc1ccc(C)c2c1C(N)C(=O)N2CC(C)C. The van der Waals surface area contributed by atoms with Crippen molar-refractivity contribution in [2.45, 2.75) is 33.7 Å². The van der Waals surface area contributed by atoms with Gasteiger partial charge in [-0.1, -0.05) is 26.0 Å². The summed E-state index contributed by atoms with van der Waals surface area (Å²) < 4.78 is 0. The molecule has 2 rings (SSSR count). The maximum Gasteiger partial charge on any atom is 0.248 e. The van der Waals surface area contributed by atoms with Crippen molar-refractivity contribution in [3.05, 3.63) is 28.8 Å². The number of fused-ring (bicyclic) bond motifs is 1. The first-order valence-corrected chi connectivity index (χ1v) is 6.10. The van der Waals surface area contributed by atoms with Crippen molar-refractivity contribution in [3.8, 4) is 0 Å². The number of aryl methyl sites for hydroxylation is 2. The Kier molecular flexibility index (Phi) is 2.96. The zero-order valence-corrected chi connectivity index (χ0v) is 10.9. The molecule has 0 saturated carbocycles. The fourth-order valence-electron chi connectivity index (χ4n) is 2.52. The molecule has 0 aromatic heterocycles. The van der Waals surface area contributed by atoms with Crippen molar-refractivity contribution < 1.29 is 4.79 Å². The molecule has 1 amide bonds. The highest BCUT2D eigenvalue weighted by Crippen LogP contribution is 2.39. The number of nitrogens with two attached hydrogens (primary N) is 1. The van der Waals surface area contributed by atoms with Gasteiger partial charge in [0.1, 0.15) is 6.04 Å². The average Bonchev–Trinajstić information content (AvgIpc) is 2.49. The van der Waals surface area contributed by atoms with E-state index in [1.807, 2.05) is 24.8 Å². The molecule has 1 unspecified atom stereocenters. The van der Waals surface area contributed by atoms with Crippen LogP contribution in [-0.2, 0) is 4.79 Å². The quantitative estimate of drug-likeness (QED) is 0.850. The van der Waals surface area contributed by atoms with Gasteiger partial charge in [0.2, 0.25) is 5.91 Å². The Labute approximate surface area is 103 Å². The number of anilines is 1. The van der Waals surface area contributed by atoms with E-state index in [4.69, 9.17) is 5.73 Å². The van der Waals surface area contributed by atoms with E-state index in [2.05, 4.69) is 19.9 Å². The van der Waals surface area contributed by atoms with Crippen LogP contribution in [0.2, 0.25) is 0 Å². The van der Waals surface area contributed by atoms with Crippen LogP contribution in [0.15, 0.2) is 12.1 Å². The molecule has 3 heteroatoms. The second kappa shape index (κ2) is 4.15. The summed E-state index contributed by atoms with van der Waals surface area (Å²) in [6.07, 6.45) is 0. The van der Waals surface area contributed by atoms with Gasteiger partial charge in [-0.2, -0.15) is 0 Å². The summed E-state index contributed by atoms with van der Waals surface area (Å²) in [4.78, 5) is 14.1. The van der Waals surface area contributed by atoms with E-state index in [9.17, 15) is 4.79 Å². The molecule has 2 N–H and O–H groups in total. The predicted molar refractivity (Wildman–Crippen MR) is 70.0 cm³/mol. The van der Waals surface area contributed by atoms with E-state index in [0.29, 0.717) is 5.92 Å². The average molecular weight is 232 g/mol. The number of carbonyl (C=O) groups excluding carboxylic acids is 1. The number of nitrogens with zero attached hydrogens (tertiary/aromatic N) is 1. The Morgan fingerprint density at radius 1 is 1.29 bits per heavy atom. The van der Waals surface area contributed by atoms with E-state index >= 15 is 0 Å². The molecule has 1 aromatic carbocycles. The smallest absolute Gasteiger partial charge is 0.248 e. The first-order valence-electron chi connectivity index (χ1n) is 6.10. The van der Waals surface area contributed by atoms with Gasteiger partial charge >= 0.3 is 0 Å². The molecule has 0 fully saturated rings. The molecule has 1 aliphatic heterocycles. The summed E-state index contributed by atoms with van der Waals surface area (Å²) in [7, 11) is 0. The van der Waals surface area contributed by atoms with Crippen LogP contribution in [0.5, 0.6) is 0 Å². The molecule has 1 atom stereocenters. The van der Waals surface area contributed by atoms with Gasteiger partial charge < -0.3 is 10.6 Å². The van der Waals surface area contributed by atoms with Crippen molar-refractivity contribution in [2.24, 2.45) is 11.7 Å². The molecule has 0 bridgehead atoms. The van der Waals surface area contributed by atoms with Crippen LogP contribution in [0, 0.1) is 19.8 Å². The van der Waals surface area contributed by atoms with Gasteiger partial charge in [-0.25, -0.2) is 0 Å². The van der Waals surface area contributed by atoms with Gasteiger partial charge in [0.25, 0.3) is 0 Å². The summed E-state index contributed by atoms with van der Waals surface area (Å²) in [5.41, 5.74) is 10.3. The third-order valence-electron chi connectivity index (χ3n) is 3.30. The molecular weight excluding hydrogens is 212 g/mol. The lowest BCUT2D eigenvalue weighted by Gasteiger charge is -2.21. The molecule has 17 heavy (non-hydrogen) atoms. The second-order valence-corrected chi connectivity index (χ2v) is 5.28. The molecule has 0 radical (unpaired) electrons. The van der Waals surface area contributed by atoms with Crippen LogP contribution in [0.4, 0.5) is 5.69 Å². The van der Waals surface area contributed by atoms with E-state index < -0.39 is 6.04 Å². The van der Waals surface area contributed by atoms with Crippen LogP contribution in [0.3, 0.4) is 0 Å². The molecule has 0 saturated heterocycles. The topological polar surface area (TPSA) is 46.3 Å². The van der Waals surface area contributed by atoms with Gasteiger partial charge in [0.05, 0.1) is 5.69 Å². The number of amides is 1. The minimum atomic E-state index is -0.483. The third kappa shape index (κ3) is 1.84. The van der Waals surface area contributed by atoms with Crippen LogP contribution in [0.25, 0.3) is 0 Å². The second-order valence-electron chi connectivity index (χ2n) is 5.28. The Balaban J connectivity index is 2.55. The highest BCUT2D eigenvalue weighted by atomic mass is 16.2. The lowest BCUT2D eigenvalue weighted by Crippen LogP contribution is -2.34. The first kappa shape index (κ1) is 12.1. The fourth-order valence-corrected chi connectivity index (χ4v) is 2.52. The highest BCUT2D eigenvalue weighted by molar-refractivity contribution is 6.05. The van der Waals surface area contributed by atoms with Gasteiger partial charge in [0.15, 0.2) is 0 Å². The van der Waals surface area contributed by atoms with Crippen LogP contribution >= 0.6 is 0 Å². The van der Waals surface area contributed by atoms with E-state index in [0.717, 1.165) is 28.9 Å². The highest BCUT2D eigenvalue weighted by Gasteiger charge is 2.37. The maximum atomic E-state index is 12.2. The summed E-state index contributed by atoms with van der Waals surface area (Å²) in [6, 6.07) is 3.62. The zero-order valence-electron chi connectivity index (χ0n) is 10.9. The fraction of sp³-hybridized carbons (Fsp3) is 0.500. The molecule has 3 nitrogen and oxygen atoms in total. The van der Waals surface area contributed by atoms with Gasteiger partial charge in [0, 0.05) is 12.1 Å². The maximum absolute atomic E-state index is 12.2. The van der Waals surface area contributed by atoms with E-state index in [-0.39, 0.29) is 5.91 Å². The Morgan fingerprint density at radius 3 is 2.47 bits per heavy atom. The van der Waals surface area contributed by atoms with E-state index in [1.54, 1.807) is 0 Å². The lowest BCUT2D eigenvalue weighted by atomic mass is 10.00. The minimum absolute atomic E-state index is 0.0334. The summed E-state index contributed by atoms with van der Waals surface area (Å²) in [5.74, 6) is 0.475. The van der Waals surface area contributed by atoms with Crippen LogP contribution in [0.1, 0.15) is 36.6 Å². The normalized spacial score (nSPS) is 19.1. The van der Waals surface area contributed by atoms with Crippen molar-refractivity contribution in [2.75, 3.05) is 11.4 Å². The largest absolute Gasteiger partial charge is 0.316 e. The lowest BCUT2D eigenvalue weighted by molar-refractivity contribution is -0.119. The molecule has 0 aliphatic carbocycles. The molecule has 92 valence electrons. The molecule has 1 heterocycles. The molecule has 1 aliphatic rings. The molecule has 1 aromatic rings. The Morgan fingerprint density at radius 2 is 1.88 bits per heavy atom. The third-order valence-corrected chi connectivity index (χ3v) is 3.30. The first-order chi connectivity index (χ1) is 7.93. The molecular formula is C14H20N2O. The van der Waals surface area contributed by atoms with Crippen molar-refractivity contribution in [3.63, 3.8) is 0 Å². The Bertz CT molecular complexity index is 466. The number of rotatable bonds is 2. The van der Waals surface area contributed by atoms with Crippen molar-refractivity contribution >= 4 is 11.6 Å². The number of hydrogen-bond donors (Lipinski definition) is 1. The van der Waals surface area contributed by atoms with E-state index in [1.165, 1.54) is 0 Å². The Hall–Kier alpha value is -1.35. The zero-order chi connectivity index (χ0) is 12.7. The van der Waals surface area contributed by atoms with Gasteiger partial charge in [-0.3, -0.25) is 4.79 Å². The standard InChI is InChI=1S/C14H20N2O/c1-8(2)7-16-13-10(4)6-5-9(3)11(13)12(15)14(16)17/h5-6,8,12H,7,15H2,1-4H3. The molecule has 0 spiro atoms. The summed E-state index contributed by atoms with van der Waals surface area (Å²) >= 11 is 0.